The Balaban J connectivity index is 2.29. The second-order valence-electron chi connectivity index (χ2n) is 4.16. The lowest BCUT2D eigenvalue weighted by molar-refractivity contribution is -0.00207. The molecule has 0 bridgehead atoms. The number of aliphatic hydroxyl groups is 1. The van der Waals surface area contributed by atoms with Crippen LogP contribution in [-0.2, 0) is 0 Å². The van der Waals surface area contributed by atoms with Crippen LogP contribution in [0.3, 0.4) is 0 Å². The third-order valence-corrected chi connectivity index (χ3v) is 3.11. The van der Waals surface area contributed by atoms with E-state index >= 15 is 0 Å². The van der Waals surface area contributed by atoms with E-state index in [4.69, 9.17) is 5.73 Å². The van der Waals surface area contributed by atoms with Gasteiger partial charge in [-0.05, 0) is 31.6 Å². The van der Waals surface area contributed by atoms with Crippen molar-refractivity contribution in [3.05, 3.63) is 0 Å². The van der Waals surface area contributed by atoms with E-state index < -0.39 is 5.60 Å². The quantitative estimate of drug-likeness (QED) is 0.678. The molecule has 0 heterocycles. The Morgan fingerprint density at radius 1 is 1.42 bits per heavy atom. The Morgan fingerprint density at radius 3 is 2.42 bits per heavy atom. The Bertz CT molecular complexity index is 128. The minimum absolute atomic E-state index is 0.436. The SMILES string of the molecule is CCCC1CCC(O)(CN)CC1. The number of nitrogens with two attached hydrogens (primary N) is 1. The van der Waals surface area contributed by atoms with Crippen LogP contribution in [0.25, 0.3) is 0 Å². The third kappa shape index (κ3) is 2.46. The summed E-state index contributed by atoms with van der Waals surface area (Å²) in [5, 5.41) is 9.84. The molecule has 0 radical (unpaired) electrons. The molecule has 1 aliphatic rings. The highest BCUT2D eigenvalue weighted by molar-refractivity contribution is 4.85. The van der Waals surface area contributed by atoms with Crippen molar-refractivity contribution < 1.29 is 5.11 Å². The van der Waals surface area contributed by atoms with Crippen molar-refractivity contribution in [1.82, 2.24) is 0 Å². The highest BCUT2D eigenvalue weighted by Gasteiger charge is 2.31. The lowest BCUT2D eigenvalue weighted by Crippen LogP contribution is -2.41. The van der Waals surface area contributed by atoms with Crippen LogP contribution >= 0.6 is 0 Å². The van der Waals surface area contributed by atoms with Gasteiger partial charge in [0.25, 0.3) is 0 Å². The molecular formula is C10H21NO. The monoisotopic (exact) mass is 171 g/mol. The maximum atomic E-state index is 9.84. The molecule has 12 heavy (non-hydrogen) atoms. The smallest absolute Gasteiger partial charge is 0.0769 e. The summed E-state index contributed by atoms with van der Waals surface area (Å²) < 4.78 is 0. The van der Waals surface area contributed by atoms with Crippen LogP contribution < -0.4 is 5.73 Å². The Morgan fingerprint density at radius 2 is 2.00 bits per heavy atom. The van der Waals surface area contributed by atoms with Gasteiger partial charge in [-0.2, -0.15) is 0 Å². The van der Waals surface area contributed by atoms with E-state index in [1.54, 1.807) is 0 Å². The van der Waals surface area contributed by atoms with Crippen LogP contribution in [-0.4, -0.2) is 17.3 Å². The topological polar surface area (TPSA) is 46.2 Å². The molecule has 1 saturated carbocycles. The summed E-state index contributed by atoms with van der Waals surface area (Å²) in [7, 11) is 0. The minimum Gasteiger partial charge on any atom is -0.389 e. The fourth-order valence-electron chi connectivity index (χ4n) is 2.12. The summed E-state index contributed by atoms with van der Waals surface area (Å²) in [5.74, 6) is 0.849. The molecule has 3 N–H and O–H groups in total. The zero-order chi connectivity index (χ0) is 9.03. The molecule has 1 aliphatic carbocycles. The van der Waals surface area contributed by atoms with Crippen molar-refractivity contribution in [2.45, 2.75) is 51.0 Å². The molecule has 0 atom stereocenters. The zero-order valence-corrected chi connectivity index (χ0v) is 8.05. The van der Waals surface area contributed by atoms with Crippen LogP contribution in [0.5, 0.6) is 0 Å². The van der Waals surface area contributed by atoms with Gasteiger partial charge in [0.05, 0.1) is 5.60 Å². The Kier molecular flexibility index (Phi) is 3.53. The zero-order valence-electron chi connectivity index (χ0n) is 8.05. The normalized spacial score (nSPS) is 36.8. The van der Waals surface area contributed by atoms with Gasteiger partial charge in [-0.3, -0.25) is 0 Å². The van der Waals surface area contributed by atoms with Crippen LogP contribution in [0, 0.1) is 5.92 Å². The molecule has 2 nitrogen and oxygen atoms in total. The van der Waals surface area contributed by atoms with E-state index in [9.17, 15) is 5.11 Å². The Hall–Kier alpha value is -0.0800. The van der Waals surface area contributed by atoms with E-state index in [1.807, 2.05) is 0 Å². The minimum atomic E-state index is -0.524. The van der Waals surface area contributed by atoms with Crippen LogP contribution in [0.1, 0.15) is 45.4 Å². The highest BCUT2D eigenvalue weighted by Crippen LogP contribution is 2.33. The van der Waals surface area contributed by atoms with Gasteiger partial charge < -0.3 is 10.8 Å². The average Bonchev–Trinajstić information content (AvgIpc) is 2.10. The lowest BCUT2D eigenvalue weighted by Gasteiger charge is -2.34. The second-order valence-corrected chi connectivity index (χ2v) is 4.16. The van der Waals surface area contributed by atoms with Gasteiger partial charge in [0.2, 0.25) is 0 Å². The average molecular weight is 171 g/mol. The number of hydrogen-bond acceptors (Lipinski definition) is 2. The predicted molar refractivity (Wildman–Crippen MR) is 50.9 cm³/mol. The maximum Gasteiger partial charge on any atom is 0.0769 e. The first-order chi connectivity index (χ1) is 5.70. The van der Waals surface area contributed by atoms with E-state index in [-0.39, 0.29) is 0 Å². The first-order valence-electron chi connectivity index (χ1n) is 5.12. The number of hydrogen-bond donors (Lipinski definition) is 2. The number of rotatable bonds is 3. The van der Waals surface area contributed by atoms with Crippen LogP contribution in [0.15, 0.2) is 0 Å². The molecule has 0 saturated heterocycles. The molecule has 0 aliphatic heterocycles. The molecule has 1 fully saturated rings. The Labute approximate surface area is 75.2 Å². The first kappa shape index (κ1) is 10.0. The largest absolute Gasteiger partial charge is 0.389 e. The standard InChI is InChI=1S/C10H21NO/c1-2-3-9-4-6-10(12,8-11)7-5-9/h9,12H,2-8,11H2,1H3. The molecule has 0 aromatic rings. The molecule has 0 aromatic heterocycles. The van der Waals surface area contributed by atoms with E-state index in [1.165, 1.54) is 25.7 Å². The van der Waals surface area contributed by atoms with Crippen molar-refractivity contribution in [2.24, 2.45) is 11.7 Å². The van der Waals surface area contributed by atoms with Gasteiger partial charge in [0.1, 0.15) is 0 Å². The fraction of sp³-hybridized carbons (Fsp3) is 1.00. The van der Waals surface area contributed by atoms with E-state index in [0.29, 0.717) is 6.54 Å². The van der Waals surface area contributed by atoms with Crippen molar-refractivity contribution in [3.8, 4) is 0 Å². The van der Waals surface area contributed by atoms with Gasteiger partial charge >= 0.3 is 0 Å². The molecular weight excluding hydrogens is 150 g/mol. The molecule has 0 amide bonds. The van der Waals surface area contributed by atoms with Crippen molar-refractivity contribution in [3.63, 3.8) is 0 Å². The van der Waals surface area contributed by atoms with E-state index in [2.05, 4.69) is 6.92 Å². The third-order valence-electron chi connectivity index (χ3n) is 3.11. The van der Waals surface area contributed by atoms with Crippen molar-refractivity contribution >= 4 is 0 Å². The second kappa shape index (κ2) is 4.24. The highest BCUT2D eigenvalue weighted by atomic mass is 16.3. The van der Waals surface area contributed by atoms with Crippen LogP contribution in [0.2, 0.25) is 0 Å². The van der Waals surface area contributed by atoms with Crippen LogP contribution in [0.4, 0.5) is 0 Å². The molecule has 2 heteroatoms. The van der Waals surface area contributed by atoms with Crippen molar-refractivity contribution in [1.29, 1.82) is 0 Å². The van der Waals surface area contributed by atoms with E-state index in [0.717, 1.165) is 18.8 Å². The fourth-order valence-corrected chi connectivity index (χ4v) is 2.12. The maximum absolute atomic E-state index is 9.84. The summed E-state index contributed by atoms with van der Waals surface area (Å²) in [4.78, 5) is 0. The van der Waals surface area contributed by atoms with Gasteiger partial charge in [-0.25, -0.2) is 0 Å². The summed E-state index contributed by atoms with van der Waals surface area (Å²) in [6.07, 6.45) is 6.75. The van der Waals surface area contributed by atoms with Crippen molar-refractivity contribution in [2.75, 3.05) is 6.54 Å². The lowest BCUT2D eigenvalue weighted by atomic mass is 9.77. The van der Waals surface area contributed by atoms with Gasteiger partial charge in [-0.1, -0.05) is 19.8 Å². The van der Waals surface area contributed by atoms with Gasteiger partial charge in [0.15, 0.2) is 0 Å². The summed E-state index contributed by atoms with van der Waals surface area (Å²) in [6, 6.07) is 0. The predicted octanol–water partition coefficient (Wildman–Crippen LogP) is 1.67. The first-order valence-corrected chi connectivity index (χ1v) is 5.12. The van der Waals surface area contributed by atoms with Gasteiger partial charge in [-0.15, -0.1) is 0 Å². The van der Waals surface area contributed by atoms with Gasteiger partial charge in [0, 0.05) is 6.54 Å². The summed E-state index contributed by atoms with van der Waals surface area (Å²) in [5.41, 5.74) is 4.98. The summed E-state index contributed by atoms with van der Waals surface area (Å²) in [6.45, 7) is 2.66. The molecule has 1 rings (SSSR count). The molecule has 0 spiro atoms. The molecule has 0 aromatic carbocycles. The molecule has 0 unspecified atom stereocenters. The molecule has 72 valence electrons. The summed E-state index contributed by atoms with van der Waals surface area (Å²) >= 11 is 0.